The van der Waals surface area contributed by atoms with Crippen LogP contribution in [-0.2, 0) is 19.6 Å². The Morgan fingerprint density at radius 1 is 1.06 bits per heavy atom. The zero-order chi connectivity index (χ0) is 13.1. The van der Waals surface area contributed by atoms with E-state index in [-0.39, 0.29) is 11.2 Å². The molecule has 2 aromatic heterocycles. The lowest BCUT2D eigenvalue weighted by molar-refractivity contribution is 0.542. The summed E-state index contributed by atoms with van der Waals surface area (Å²) in [6.07, 6.45) is 5.05. The van der Waals surface area contributed by atoms with Gasteiger partial charge >= 0.3 is 5.69 Å². The molecule has 0 aliphatic heterocycles. The molecule has 96 valence electrons. The molecule has 0 bridgehead atoms. The molecule has 0 atom stereocenters. The Morgan fingerprint density at radius 3 is 2.39 bits per heavy atom. The van der Waals surface area contributed by atoms with Crippen molar-refractivity contribution in [2.24, 2.45) is 0 Å². The van der Waals surface area contributed by atoms with Gasteiger partial charge < -0.3 is 10.3 Å². The van der Waals surface area contributed by atoms with E-state index in [4.69, 9.17) is 5.73 Å². The van der Waals surface area contributed by atoms with Crippen LogP contribution in [0.25, 0.3) is 0 Å². The van der Waals surface area contributed by atoms with Gasteiger partial charge in [0.1, 0.15) is 0 Å². The molecular weight excluding hydrogens is 232 g/mol. The summed E-state index contributed by atoms with van der Waals surface area (Å²) in [6, 6.07) is 2.99. The number of imidazole rings is 1. The van der Waals surface area contributed by atoms with Crippen LogP contribution in [0.5, 0.6) is 0 Å². The number of pyridine rings is 1. The van der Waals surface area contributed by atoms with Gasteiger partial charge in [0.05, 0.1) is 0 Å². The highest BCUT2D eigenvalue weighted by Gasteiger charge is 2.02. The lowest BCUT2D eigenvalue weighted by Crippen LogP contribution is -2.27. The third-order valence-corrected chi connectivity index (χ3v) is 2.85. The molecule has 2 heterocycles. The Kier molecular flexibility index (Phi) is 3.36. The molecule has 0 aromatic carbocycles. The SMILES string of the molecule is CCn1ccn(CCn2cc(N)ccc2=O)c1=O. The van der Waals surface area contributed by atoms with E-state index in [0.29, 0.717) is 25.3 Å². The first-order valence-electron chi connectivity index (χ1n) is 5.83. The van der Waals surface area contributed by atoms with Gasteiger partial charge in [0.15, 0.2) is 0 Å². The van der Waals surface area contributed by atoms with Crippen molar-refractivity contribution in [1.29, 1.82) is 0 Å². The smallest absolute Gasteiger partial charge is 0.328 e. The average molecular weight is 248 g/mol. The van der Waals surface area contributed by atoms with Crippen molar-refractivity contribution in [2.75, 3.05) is 5.73 Å². The first-order chi connectivity index (χ1) is 8.61. The lowest BCUT2D eigenvalue weighted by atomic mass is 10.4. The van der Waals surface area contributed by atoms with Crippen molar-refractivity contribution in [1.82, 2.24) is 13.7 Å². The zero-order valence-electron chi connectivity index (χ0n) is 10.2. The van der Waals surface area contributed by atoms with E-state index in [9.17, 15) is 9.59 Å². The monoisotopic (exact) mass is 248 g/mol. The molecule has 6 heteroatoms. The highest BCUT2D eigenvalue weighted by molar-refractivity contribution is 5.33. The number of rotatable bonds is 4. The quantitative estimate of drug-likeness (QED) is 0.834. The molecule has 0 aliphatic carbocycles. The summed E-state index contributed by atoms with van der Waals surface area (Å²) in [5.74, 6) is 0. The number of anilines is 1. The third-order valence-electron chi connectivity index (χ3n) is 2.85. The highest BCUT2D eigenvalue weighted by atomic mass is 16.1. The van der Waals surface area contributed by atoms with Gasteiger partial charge in [-0.15, -0.1) is 0 Å². The Morgan fingerprint density at radius 2 is 1.72 bits per heavy atom. The Labute approximate surface area is 104 Å². The normalized spacial score (nSPS) is 10.7. The third kappa shape index (κ3) is 2.37. The minimum absolute atomic E-state index is 0.0607. The van der Waals surface area contributed by atoms with Gasteiger partial charge in [-0.05, 0) is 13.0 Å². The number of aryl methyl sites for hydroxylation is 3. The van der Waals surface area contributed by atoms with E-state index in [2.05, 4.69) is 0 Å². The first kappa shape index (κ1) is 12.2. The predicted octanol–water partition coefficient (Wildman–Crippen LogP) is 0.114. The van der Waals surface area contributed by atoms with Crippen molar-refractivity contribution < 1.29 is 0 Å². The van der Waals surface area contributed by atoms with Gasteiger partial charge in [0, 0.05) is 50.0 Å². The fourth-order valence-electron chi connectivity index (χ4n) is 1.80. The molecule has 0 fully saturated rings. The molecule has 0 unspecified atom stereocenters. The van der Waals surface area contributed by atoms with Gasteiger partial charge in [-0.2, -0.15) is 0 Å². The minimum atomic E-state index is -0.118. The van der Waals surface area contributed by atoms with Gasteiger partial charge in [0.25, 0.3) is 5.56 Å². The summed E-state index contributed by atoms with van der Waals surface area (Å²) < 4.78 is 4.70. The Bertz CT molecular complexity index is 651. The van der Waals surface area contributed by atoms with Gasteiger partial charge in [0.2, 0.25) is 0 Å². The molecular formula is C12H16N4O2. The van der Waals surface area contributed by atoms with Crippen LogP contribution in [0, 0.1) is 0 Å². The maximum Gasteiger partial charge on any atom is 0.328 e. The minimum Gasteiger partial charge on any atom is -0.398 e. The molecule has 0 radical (unpaired) electrons. The average Bonchev–Trinajstić information content (AvgIpc) is 2.71. The van der Waals surface area contributed by atoms with Gasteiger partial charge in [-0.3, -0.25) is 13.9 Å². The zero-order valence-corrected chi connectivity index (χ0v) is 10.2. The first-order valence-corrected chi connectivity index (χ1v) is 5.83. The number of aromatic nitrogens is 3. The van der Waals surface area contributed by atoms with Crippen LogP contribution >= 0.6 is 0 Å². The second-order valence-electron chi connectivity index (χ2n) is 4.05. The second kappa shape index (κ2) is 4.95. The molecule has 0 amide bonds. The van der Waals surface area contributed by atoms with E-state index in [1.807, 2.05) is 6.92 Å². The molecule has 18 heavy (non-hydrogen) atoms. The molecule has 0 saturated carbocycles. The van der Waals surface area contributed by atoms with E-state index >= 15 is 0 Å². The highest BCUT2D eigenvalue weighted by Crippen LogP contribution is 1.96. The van der Waals surface area contributed by atoms with E-state index in [1.54, 1.807) is 33.8 Å². The van der Waals surface area contributed by atoms with Crippen LogP contribution in [0.1, 0.15) is 6.92 Å². The second-order valence-corrected chi connectivity index (χ2v) is 4.05. The van der Waals surface area contributed by atoms with Crippen molar-refractivity contribution in [3.8, 4) is 0 Å². The van der Waals surface area contributed by atoms with Crippen molar-refractivity contribution in [3.63, 3.8) is 0 Å². The molecule has 2 aromatic rings. The number of hydrogen-bond acceptors (Lipinski definition) is 3. The van der Waals surface area contributed by atoms with E-state index < -0.39 is 0 Å². The Hall–Kier alpha value is -2.24. The van der Waals surface area contributed by atoms with Crippen molar-refractivity contribution in [2.45, 2.75) is 26.6 Å². The van der Waals surface area contributed by atoms with Crippen molar-refractivity contribution >= 4 is 5.69 Å². The standard InChI is InChI=1S/C12H16N4O2/c1-2-14-5-6-15(12(14)18)7-8-16-9-10(13)3-4-11(16)17/h3-6,9H,2,7-8,13H2,1H3. The topological polar surface area (TPSA) is 75.0 Å². The summed E-state index contributed by atoms with van der Waals surface area (Å²) in [4.78, 5) is 23.3. The predicted molar refractivity (Wildman–Crippen MR) is 69.5 cm³/mol. The number of nitrogen functional groups attached to an aromatic ring is 1. The molecule has 0 aliphatic rings. The van der Waals surface area contributed by atoms with Crippen LogP contribution < -0.4 is 17.0 Å². The van der Waals surface area contributed by atoms with Crippen LogP contribution in [0.3, 0.4) is 0 Å². The van der Waals surface area contributed by atoms with Crippen LogP contribution in [0.2, 0.25) is 0 Å². The number of hydrogen-bond donors (Lipinski definition) is 1. The lowest BCUT2D eigenvalue weighted by Gasteiger charge is -2.06. The summed E-state index contributed by atoms with van der Waals surface area (Å²) in [6.45, 7) is 3.44. The van der Waals surface area contributed by atoms with Crippen molar-refractivity contribution in [3.05, 3.63) is 51.6 Å². The summed E-state index contributed by atoms with van der Waals surface area (Å²) in [7, 11) is 0. The van der Waals surface area contributed by atoms with E-state index in [0.717, 1.165) is 0 Å². The number of nitrogens with zero attached hydrogens (tertiary/aromatic N) is 3. The maximum atomic E-state index is 11.8. The summed E-state index contributed by atoms with van der Waals surface area (Å²) in [5, 5.41) is 0. The summed E-state index contributed by atoms with van der Waals surface area (Å²) >= 11 is 0. The van der Waals surface area contributed by atoms with Crippen LogP contribution in [0.15, 0.2) is 40.3 Å². The van der Waals surface area contributed by atoms with Gasteiger partial charge in [-0.1, -0.05) is 0 Å². The Balaban J connectivity index is 2.16. The molecule has 6 nitrogen and oxygen atoms in total. The number of nitrogens with two attached hydrogens (primary N) is 1. The molecule has 0 saturated heterocycles. The van der Waals surface area contributed by atoms with E-state index in [1.165, 1.54) is 10.6 Å². The molecule has 2 N–H and O–H groups in total. The molecule has 0 spiro atoms. The molecule has 2 rings (SSSR count). The summed E-state index contributed by atoms with van der Waals surface area (Å²) in [5.41, 5.74) is 5.98. The van der Waals surface area contributed by atoms with Crippen LogP contribution in [-0.4, -0.2) is 13.7 Å². The van der Waals surface area contributed by atoms with Gasteiger partial charge in [-0.25, -0.2) is 4.79 Å². The maximum absolute atomic E-state index is 11.8. The fourth-order valence-corrected chi connectivity index (χ4v) is 1.80. The largest absolute Gasteiger partial charge is 0.398 e. The van der Waals surface area contributed by atoms with Crippen LogP contribution in [0.4, 0.5) is 5.69 Å². The fraction of sp³-hybridized carbons (Fsp3) is 0.333.